The number of aromatic nitrogens is 4. The lowest BCUT2D eigenvalue weighted by Crippen LogP contribution is -2.19. The molecule has 0 radical (unpaired) electrons. The van der Waals surface area contributed by atoms with E-state index in [1.165, 1.54) is 6.07 Å². The molecule has 0 fully saturated rings. The summed E-state index contributed by atoms with van der Waals surface area (Å²) >= 11 is 0. The van der Waals surface area contributed by atoms with Crippen LogP contribution in [-0.4, -0.2) is 25.8 Å². The fourth-order valence-corrected chi connectivity index (χ4v) is 2.69. The molecule has 4 aromatic rings. The molecule has 2 heterocycles. The Bertz CT molecular complexity index is 1210. The Morgan fingerprint density at radius 1 is 0.968 bits per heavy atom. The maximum atomic E-state index is 13.2. The number of aryl methyl sites for hydroxylation is 1. The molecule has 0 saturated carbocycles. The van der Waals surface area contributed by atoms with E-state index in [0.29, 0.717) is 29.0 Å². The van der Waals surface area contributed by atoms with Crippen molar-refractivity contribution >= 4 is 17.4 Å². The molecule has 10 heteroatoms. The van der Waals surface area contributed by atoms with Gasteiger partial charge in [0, 0.05) is 35.9 Å². The van der Waals surface area contributed by atoms with Crippen LogP contribution in [0.3, 0.4) is 0 Å². The molecule has 8 nitrogen and oxygen atoms in total. The van der Waals surface area contributed by atoms with Crippen LogP contribution in [0.5, 0.6) is 11.6 Å². The molecule has 0 aliphatic heterocycles. The van der Waals surface area contributed by atoms with Gasteiger partial charge in [0.2, 0.25) is 5.88 Å². The number of rotatable bonds is 5. The maximum Gasteiger partial charge on any atom is 0.323 e. The van der Waals surface area contributed by atoms with Crippen LogP contribution in [0, 0.1) is 18.6 Å². The standard InChI is InChI=1S/C21H16F2N6O2/c1-13-25-19(29-10-2-9-24-29)12-20(26-13)31-16-6-3-14(4-7-16)27-21(30)28-15-5-8-17(22)18(23)11-15/h2-12H,1H3,(H2,27,28,30). The number of benzene rings is 2. The van der Waals surface area contributed by atoms with Gasteiger partial charge in [-0.05, 0) is 49.4 Å². The summed E-state index contributed by atoms with van der Waals surface area (Å²) in [6, 6.07) is 12.5. The SMILES string of the molecule is Cc1nc(Oc2ccc(NC(=O)Nc3ccc(F)c(F)c3)cc2)cc(-n2cccn2)n1. The highest BCUT2D eigenvalue weighted by Gasteiger charge is 2.09. The highest BCUT2D eigenvalue weighted by molar-refractivity contribution is 5.99. The van der Waals surface area contributed by atoms with E-state index in [1.807, 2.05) is 0 Å². The second-order valence-electron chi connectivity index (χ2n) is 6.40. The van der Waals surface area contributed by atoms with E-state index in [-0.39, 0.29) is 5.69 Å². The summed E-state index contributed by atoms with van der Waals surface area (Å²) in [5.74, 6) is -0.104. The Balaban J connectivity index is 1.40. The minimum Gasteiger partial charge on any atom is -0.439 e. The Hall–Kier alpha value is -4.34. The van der Waals surface area contributed by atoms with Crippen LogP contribution in [0.25, 0.3) is 5.82 Å². The van der Waals surface area contributed by atoms with Crippen molar-refractivity contribution in [2.24, 2.45) is 0 Å². The molecule has 0 bridgehead atoms. The number of halogens is 2. The summed E-state index contributed by atoms with van der Waals surface area (Å²) < 4.78 is 33.6. The molecule has 0 spiro atoms. The van der Waals surface area contributed by atoms with Gasteiger partial charge in [0.25, 0.3) is 0 Å². The number of anilines is 2. The van der Waals surface area contributed by atoms with Gasteiger partial charge in [-0.3, -0.25) is 0 Å². The Morgan fingerprint density at radius 3 is 2.42 bits per heavy atom. The van der Waals surface area contributed by atoms with E-state index in [1.54, 1.807) is 60.4 Å². The monoisotopic (exact) mass is 422 g/mol. The molecule has 0 unspecified atom stereocenters. The van der Waals surface area contributed by atoms with Gasteiger partial charge in [-0.1, -0.05) is 0 Å². The second-order valence-corrected chi connectivity index (χ2v) is 6.40. The van der Waals surface area contributed by atoms with Crippen molar-refractivity contribution in [3.8, 4) is 17.4 Å². The Morgan fingerprint density at radius 2 is 1.71 bits per heavy atom. The predicted octanol–water partition coefficient (Wildman–Crippen LogP) is 4.69. The van der Waals surface area contributed by atoms with Crippen LogP contribution in [-0.2, 0) is 0 Å². The first-order valence-corrected chi connectivity index (χ1v) is 9.13. The summed E-state index contributed by atoms with van der Waals surface area (Å²) in [6.07, 6.45) is 3.41. The number of nitrogens with zero attached hydrogens (tertiary/aromatic N) is 4. The molecular formula is C21H16F2N6O2. The van der Waals surface area contributed by atoms with E-state index in [4.69, 9.17) is 4.74 Å². The Labute approximate surface area is 175 Å². The minimum absolute atomic E-state index is 0.128. The fourth-order valence-electron chi connectivity index (χ4n) is 2.69. The lowest BCUT2D eigenvalue weighted by atomic mass is 10.3. The van der Waals surface area contributed by atoms with Crippen molar-refractivity contribution in [2.45, 2.75) is 6.92 Å². The molecule has 0 aliphatic rings. The Kier molecular flexibility index (Phi) is 5.52. The summed E-state index contributed by atoms with van der Waals surface area (Å²) in [4.78, 5) is 20.6. The summed E-state index contributed by atoms with van der Waals surface area (Å²) in [7, 11) is 0. The fraction of sp³-hybridized carbons (Fsp3) is 0.0476. The quantitative estimate of drug-likeness (QED) is 0.487. The molecule has 0 aliphatic carbocycles. The number of nitrogens with one attached hydrogen (secondary N) is 2. The molecule has 4 rings (SSSR count). The topological polar surface area (TPSA) is 94.0 Å². The van der Waals surface area contributed by atoms with Gasteiger partial charge in [-0.25, -0.2) is 23.2 Å². The van der Waals surface area contributed by atoms with Crippen LogP contribution in [0.4, 0.5) is 25.0 Å². The largest absolute Gasteiger partial charge is 0.439 e. The van der Waals surface area contributed by atoms with E-state index in [9.17, 15) is 13.6 Å². The zero-order chi connectivity index (χ0) is 21.8. The van der Waals surface area contributed by atoms with Crippen molar-refractivity contribution in [3.05, 3.63) is 84.4 Å². The van der Waals surface area contributed by atoms with Crippen molar-refractivity contribution in [2.75, 3.05) is 10.6 Å². The third kappa shape index (κ3) is 4.99. The van der Waals surface area contributed by atoms with Gasteiger partial charge in [0.15, 0.2) is 17.5 Å². The number of carbonyl (C=O) groups is 1. The normalized spacial score (nSPS) is 10.5. The third-order valence-corrected chi connectivity index (χ3v) is 4.05. The molecule has 0 atom stereocenters. The smallest absolute Gasteiger partial charge is 0.323 e. The predicted molar refractivity (Wildman–Crippen MR) is 109 cm³/mol. The number of hydrogen-bond acceptors (Lipinski definition) is 5. The highest BCUT2D eigenvalue weighted by Crippen LogP contribution is 2.23. The molecular weight excluding hydrogens is 406 g/mol. The van der Waals surface area contributed by atoms with Gasteiger partial charge in [0.05, 0.1) is 0 Å². The van der Waals surface area contributed by atoms with Crippen molar-refractivity contribution < 1.29 is 18.3 Å². The van der Waals surface area contributed by atoms with Crippen molar-refractivity contribution in [1.82, 2.24) is 19.7 Å². The zero-order valence-electron chi connectivity index (χ0n) is 16.2. The molecule has 2 amide bonds. The maximum absolute atomic E-state index is 13.2. The van der Waals surface area contributed by atoms with E-state index in [0.717, 1.165) is 12.1 Å². The molecule has 2 aromatic heterocycles. The molecule has 31 heavy (non-hydrogen) atoms. The van der Waals surface area contributed by atoms with Gasteiger partial charge in [-0.2, -0.15) is 10.1 Å². The number of urea groups is 1. The van der Waals surface area contributed by atoms with Crippen molar-refractivity contribution in [3.63, 3.8) is 0 Å². The first-order chi connectivity index (χ1) is 15.0. The molecule has 156 valence electrons. The average Bonchev–Trinajstić information content (AvgIpc) is 3.27. The zero-order valence-corrected chi connectivity index (χ0v) is 16.2. The number of ether oxygens (including phenoxy) is 1. The van der Waals surface area contributed by atoms with Crippen LogP contribution in [0.1, 0.15) is 5.82 Å². The molecule has 2 N–H and O–H groups in total. The van der Waals surface area contributed by atoms with Crippen LogP contribution in [0.15, 0.2) is 67.0 Å². The molecule has 2 aromatic carbocycles. The van der Waals surface area contributed by atoms with Gasteiger partial charge >= 0.3 is 6.03 Å². The van der Waals surface area contributed by atoms with Gasteiger partial charge in [0.1, 0.15) is 11.6 Å². The first-order valence-electron chi connectivity index (χ1n) is 9.13. The highest BCUT2D eigenvalue weighted by atomic mass is 19.2. The molecule has 0 saturated heterocycles. The van der Waals surface area contributed by atoms with E-state index >= 15 is 0 Å². The number of hydrogen-bond donors (Lipinski definition) is 2. The average molecular weight is 422 g/mol. The van der Waals surface area contributed by atoms with Crippen LogP contribution in [0.2, 0.25) is 0 Å². The van der Waals surface area contributed by atoms with Crippen LogP contribution < -0.4 is 15.4 Å². The van der Waals surface area contributed by atoms with E-state index in [2.05, 4.69) is 25.7 Å². The third-order valence-electron chi connectivity index (χ3n) is 4.05. The summed E-state index contributed by atoms with van der Waals surface area (Å²) in [6.45, 7) is 1.75. The minimum atomic E-state index is -1.05. The van der Waals surface area contributed by atoms with Gasteiger partial charge in [-0.15, -0.1) is 0 Å². The van der Waals surface area contributed by atoms with Crippen molar-refractivity contribution in [1.29, 1.82) is 0 Å². The lowest BCUT2D eigenvalue weighted by Gasteiger charge is -2.10. The summed E-state index contributed by atoms with van der Waals surface area (Å²) in [5.41, 5.74) is 0.604. The number of amides is 2. The first kappa shape index (κ1) is 20.0. The summed E-state index contributed by atoms with van der Waals surface area (Å²) in [5, 5.41) is 9.16. The second kappa shape index (κ2) is 8.57. The number of carbonyl (C=O) groups excluding carboxylic acids is 1. The van der Waals surface area contributed by atoms with E-state index < -0.39 is 17.7 Å². The van der Waals surface area contributed by atoms with Gasteiger partial charge < -0.3 is 15.4 Å². The lowest BCUT2D eigenvalue weighted by molar-refractivity contribution is 0.262. The van der Waals surface area contributed by atoms with Crippen LogP contribution >= 0.6 is 0 Å².